The number of nitrogens with zero attached hydrogens (tertiary/aromatic N) is 1. The van der Waals surface area contributed by atoms with Crippen LogP contribution in [0.15, 0.2) is 48.7 Å². The third-order valence-electron chi connectivity index (χ3n) is 3.30. The van der Waals surface area contributed by atoms with Crippen molar-refractivity contribution in [1.82, 2.24) is 4.57 Å². The summed E-state index contributed by atoms with van der Waals surface area (Å²) in [5, 5.41) is 2.59. The van der Waals surface area contributed by atoms with Gasteiger partial charge in [-0.25, -0.2) is 0 Å². The van der Waals surface area contributed by atoms with Gasteiger partial charge in [0.1, 0.15) is 12.0 Å². The summed E-state index contributed by atoms with van der Waals surface area (Å²) in [5.41, 5.74) is 0. The molecule has 19 heavy (non-hydrogen) atoms. The molecule has 1 aromatic heterocycles. The SMILES string of the molecule is CC1(C)OC=C(CCCn2cc3ccccc3c2)O1. The standard InChI is InChI=1S/C16H19NO2/c1-16(2)18-12-15(19-16)8-5-9-17-10-13-6-3-4-7-14(13)11-17/h3-4,6-7,10-12H,5,8-9H2,1-2H3. The largest absolute Gasteiger partial charge is 0.457 e. The molecule has 1 aromatic carbocycles. The highest BCUT2D eigenvalue weighted by Crippen LogP contribution is 2.27. The summed E-state index contributed by atoms with van der Waals surface area (Å²) in [4.78, 5) is 0. The Labute approximate surface area is 113 Å². The Morgan fingerprint density at radius 1 is 1.11 bits per heavy atom. The predicted octanol–water partition coefficient (Wildman–Crippen LogP) is 4.05. The first-order valence-corrected chi connectivity index (χ1v) is 6.73. The monoisotopic (exact) mass is 257 g/mol. The molecule has 3 heteroatoms. The van der Waals surface area contributed by atoms with Crippen LogP contribution in [0.1, 0.15) is 26.7 Å². The van der Waals surface area contributed by atoms with Gasteiger partial charge in [-0.15, -0.1) is 0 Å². The van der Waals surface area contributed by atoms with Crippen LogP contribution in [0.5, 0.6) is 0 Å². The van der Waals surface area contributed by atoms with E-state index in [-0.39, 0.29) is 0 Å². The molecule has 0 saturated carbocycles. The van der Waals surface area contributed by atoms with Crippen molar-refractivity contribution < 1.29 is 9.47 Å². The van der Waals surface area contributed by atoms with Gasteiger partial charge in [-0.05, 0) is 17.2 Å². The molecule has 3 rings (SSSR count). The molecule has 0 bridgehead atoms. The van der Waals surface area contributed by atoms with Gasteiger partial charge in [0, 0.05) is 39.2 Å². The molecule has 0 amide bonds. The highest BCUT2D eigenvalue weighted by atomic mass is 16.7. The molecule has 3 nitrogen and oxygen atoms in total. The van der Waals surface area contributed by atoms with Gasteiger partial charge in [0.2, 0.25) is 5.79 Å². The van der Waals surface area contributed by atoms with Crippen LogP contribution in [-0.4, -0.2) is 10.4 Å². The van der Waals surface area contributed by atoms with Gasteiger partial charge in [-0.3, -0.25) is 0 Å². The Morgan fingerprint density at radius 2 is 1.79 bits per heavy atom. The van der Waals surface area contributed by atoms with Crippen LogP contribution in [-0.2, 0) is 16.0 Å². The van der Waals surface area contributed by atoms with Gasteiger partial charge >= 0.3 is 0 Å². The van der Waals surface area contributed by atoms with Crippen molar-refractivity contribution in [3.63, 3.8) is 0 Å². The van der Waals surface area contributed by atoms with E-state index in [2.05, 4.69) is 41.2 Å². The normalized spacial score (nSPS) is 17.1. The van der Waals surface area contributed by atoms with Gasteiger partial charge < -0.3 is 14.0 Å². The number of fused-ring (bicyclic) bond motifs is 1. The fourth-order valence-corrected chi connectivity index (χ4v) is 2.39. The van der Waals surface area contributed by atoms with Crippen molar-refractivity contribution in [2.24, 2.45) is 0 Å². The Hall–Kier alpha value is -1.90. The molecule has 0 atom stereocenters. The van der Waals surface area contributed by atoms with Crippen LogP contribution >= 0.6 is 0 Å². The molecule has 0 saturated heterocycles. The Morgan fingerprint density at radius 3 is 2.37 bits per heavy atom. The second kappa shape index (κ2) is 4.65. The lowest BCUT2D eigenvalue weighted by Crippen LogP contribution is -2.20. The number of rotatable bonds is 4. The van der Waals surface area contributed by atoms with E-state index < -0.39 is 5.79 Å². The van der Waals surface area contributed by atoms with Gasteiger partial charge in [0.25, 0.3) is 0 Å². The minimum absolute atomic E-state index is 0.489. The highest BCUT2D eigenvalue weighted by molar-refractivity contribution is 5.81. The van der Waals surface area contributed by atoms with Crippen LogP contribution in [0, 0.1) is 0 Å². The molecule has 100 valence electrons. The van der Waals surface area contributed by atoms with Crippen LogP contribution in [0.4, 0.5) is 0 Å². The number of aryl methyl sites for hydroxylation is 1. The summed E-state index contributed by atoms with van der Waals surface area (Å²) in [5.74, 6) is 0.457. The summed E-state index contributed by atoms with van der Waals surface area (Å²) >= 11 is 0. The highest BCUT2D eigenvalue weighted by Gasteiger charge is 2.26. The van der Waals surface area contributed by atoms with Crippen molar-refractivity contribution in [3.05, 3.63) is 48.7 Å². The first-order chi connectivity index (χ1) is 9.12. The van der Waals surface area contributed by atoms with E-state index in [1.807, 2.05) is 13.8 Å². The summed E-state index contributed by atoms with van der Waals surface area (Å²) < 4.78 is 13.3. The van der Waals surface area contributed by atoms with Crippen LogP contribution in [0.3, 0.4) is 0 Å². The first-order valence-electron chi connectivity index (χ1n) is 6.73. The van der Waals surface area contributed by atoms with E-state index in [0.717, 1.165) is 25.1 Å². The summed E-state index contributed by atoms with van der Waals surface area (Å²) in [6.45, 7) is 4.85. The van der Waals surface area contributed by atoms with E-state index in [1.54, 1.807) is 6.26 Å². The Bertz CT molecular complexity index is 577. The van der Waals surface area contributed by atoms with E-state index in [9.17, 15) is 0 Å². The van der Waals surface area contributed by atoms with Gasteiger partial charge in [-0.1, -0.05) is 24.3 Å². The van der Waals surface area contributed by atoms with E-state index in [1.165, 1.54) is 10.8 Å². The fourth-order valence-electron chi connectivity index (χ4n) is 2.39. The number of benzene rings is 1. The van der Waals surface area contributed by atoms with Gasteiger partial charge in [-0.2, -0.15) is 0 Å². The van der Waals surface area contributed by atoms with Gasteiger partial charge in [0.15, 0.2) is 0 Å². The quantitative estimate of drug-likeness (QED) is 0.825. The van der Waals surface area contributed by atoms with E-state index in [4.69, 9.17) is 9.47 Å². The Kier molecular flexibility index (Phi) is 2.97. The maximum absolute atomic E-state index is 5.68. The van der Waals surface area contributed by atoms with Crippen molar-refractivity contribution in [1.29, 1.82) is 0 Å². The molecule has 0 radical (unpaired) electrons. The number of hydrogen-bond acceptors (Lipinski definition) is 2. The lowest BCUT2D eigenvalue weighted by molar-refractivity contribution is -0.117. The topological polar surface area (TPSA) is 23.4 Å². The molecular weight excluding hydrogens is 238 g/mol. The molecule has 0 fully saturated rings. The van der Waals surface area contributed by atoms with Crippen molar-refractivity contribution in [2.45, 2.75) is 39.0 Å². The molecule has 1 aliphatic heterocycles. The molecule has 1 aliphatic rings. The summed E-state index contributed by atoms with van der Waals surface area (Å²) in [6.07, 6.45) is 8.09. The molecule has 0 unspecified atom stereocenters. The second-order valence-electron chi connectivity index (χ2n) is 5.43. The van der Waals surface area contributed by atoms with Crippen molar-refractivity contribution in [3.8, 4) is 0 Å². The number of hydrogen-bond donors (Lipinski definition) is 0. The minimum Gasteiger partial charge on any atom is -0.457 e. The Balaban J connectivity index is 1.55. The smallest absolute Gasteiger partial charge is 0.244 e. The van der Waals surface area contributed by atoms with Crippen LogP contribution < -0.4 is 0 Å². The minimum atomic E-state index is -0.489. The molecule has 0 spiro atoms. The van der Waals surface area contributed by atoms with Crippen molar-refractivity contribution >= 4 is 10.8 Å². The van der Waals surface area contributed by atoms with E-state index in [0.29, 0.717) is 0 Å². The number of aromatic nitrogens is 1. The molecule has 2 aromatic rings. The lowest BCUT2D eigenvalue weighted by atomic mass is 10.2. The molecular formula is C16H19NO2. The summed E-state index contributed by atoms with van der Waals surface area (Å²) in [7, 11) is 0. The second-order valence-corrected chi connectivity index (χ2v) is 5.43. The third-order valence-corrected chi connectivity index (χ3v) is 3.30. The average Bonchev–Trinajstić information content (AvgIpc) is 2.92. The van der Waals surface area contributed by atoms with Gasteiger partial charge in [0.05, 0.1) is 0 Å². The van der Waals surface area contributed by atoms with Crippen LogP contribution in [0.2, 0.25) is 0 Å². The third kappa shape index (κ3) is 2.75. The zero-order valence-electron chi connectivity index (χ0n) is 11.4. The van der Waals surface area contributed by atoms with Crippen molar-refractivity contribution in [2.75, 3.05) is 0 Å². The average molecular weight is 257 g/mol. The molecule has 2 heterocycles. The predicted molar refractivity (Wildman–Crippen MR) is 75.5 cm³/mol. The maximum Gasteiger partial charge on any atom is 0.244 e. The zero-order valence-corrected chi connectivity index (χ0v) is 11.4. The first kappa shape index (κ1) is 12.2. The van der Waals surface area contributed by atoms with Crippen LogP contribution in [0.25, 0.3) is 10.8 Å². The van der Waals surface area contributed by atoms with E-state index >= 15 is 0 Å². The molecule has 0 aliphatic carbocycles. The fraction of sp³-hybridized carbons (Fsp3) is 0.375. The zero-order chi connectivity index (χ0) is 13.3. The number of allylic oxidation sites excluding steroid dienone is 1. The summed E-state index contributed by atoms with van der Waals surface area (Å²) in [6, 6.07) is 8.43. The maximum atomic E-state index is 5.68. The number of ether oxygens (including phenoxy) is 2. The molecule has 0 N–H and O–H groups in total. The lowest BCUT2D eigenvalue weighted by Gasteiger charge is -2.18.